The van der Waals surface area contributed by atoms with E-state index in [-0.39, 0.29) is 6.42 Å². The zero-order valence-electron chi connectivity index (χ0n) is 11.8. The Hall–Kier alpha value is -2.55. The maximum absolute atomic E-state index is 11.9. The van der Waals surface area contributed by atoms with Crippen LogP contribution < -0.4 is 4.74 Å². The molecule has 0 saturated heterocycles. The van der Waals surface area contributed by atoms with E-state index in [0.717, 1.165) is 5.56 Å². The van der Waals surface area contributed by atoms with Crippen molar-refractivity contribution >= 4 is 11.9 Å². The Morgan fingerprint density at radius 3 is 2.76 bits per heavy atom. The zero-order chi connectivity index (χ0) is 15.5. The first-order chi connectivity index (χ1) is 10.1. The van der Waals surface area contributed by atoms with Crippen LogP contribution in [0.15, 0.2) is 18.2 Å². The van der Waals surface area contributed by atoms with Crippen LogP contribution in [0, 0.1) is 11.3 Å². The molecule has 6 heteroatoms. The molecule has 1 aliphatic rings. The molecule has 0 spiro atoms. The lowest BCUT2D eigenvalue weighted by Crippen LogP contribution is -2.47. The molecule has 1 heterocycles. The number of benzene rings is 1. The second-order valence-electron chi connectivity index (χ2n) is 4.74. The molecule has 110 valence electrons. The number of esters is 2. The van der Waals surface area contributed by atoms with Crippen molar-refractivity contribution in [3.63, 3.8) is 0 Å². The molecule has 0 bridgehead atoms. The summed E-state index contributed by atoms with van der Waals surface area (Å²) in [5.74, 6) is -0.513. The van der Waals surface area contributed by atoms with Crippen LogP contribution in [0.1, 0.15) is 28.8 Å². The average molecular weight is 289 g/mol. The number of carbonyl (C=O) groups is 2. The van der Waals surface area contributed by atoms with Crippen LogP contribution in [0.3, 0.4) is 0 Å². The maximum Gasteiger partial charge on any atom is 0.351 e. The SMILES string of the molecule is COC(=O)c1ccc2c(c1)CCC(CC#N)(C(=O)OC)O2. The summed E-state index contributed by atoms with van der Waals surface area (Å²) in [6, 6.07) is 6.81. The van der Waals surface area contributed by atoms with Gasteiger partial charge in [0.05, 0.1) is 32.3 Å². The molecule has 1 aromatic rings. The highest BCUT2D eigenvalue weighted by Gasteiger charge is 2.45. The number of aryl methyl sites for hydroxylation is 1. The first-order valence-electron chi connectivity index (χ1n) is 6.42. The van der Waals surface area contributed by atoms with E-state index in [1.165, 1.54) is 14.2 Å². The monoisotopic (exact) mass is 289 g/mol. The van der Waals surface area contributed by atoms with Crippen molar-refractivity contribution in [1.29, 1.82) is 5.26 Å². The Labute approximate surface area is 122 Å². The molecule has 1 aromatic carbocycles. The number of hydrogen-bond donors (Lipinski definition) is 0. The van der Waals surface area contributed by atoms with Crippen LogP contribution in [0.5, 0.6) is 5.75 Å². The molecular weight excluding hydrogens is 274 g/mol. The minimum atomic E-state index is -1.27. The molecule has 1 aliphatic heterocycles. The van der Waals surface area contributed by atoms with Crippen molar-refractivity contribution in [3.05, 3.63) is 29.3 Å². The highest BCUT2D eigenvalue weighted by atomic mass is 16.6. The predicted molar refractivity (Wildman–Crippen MR) is 71.7 cm³/mol. The van der Waals surface area contributed by atoms with Crippen LogP contribution in [0.25, 0.3) is 0 Å². The summed E-state index contributed by atoms with van der Waals surface area (Å²) in [4.78, 5) is 23.4. The van der Waals surface area contributed by atoms with E-state index in [4.69, 9.17) is 14.7 Å². The maximum atomic E-state index is 11.9. The summed E-state index contributed by atoms with van der Waals surface area (Å²) < 4.78 is 15.1. The number of hydrogen-bond acceptors (Lipinski definition) is 6. The van der Waals surface area contributed by atoms with Gasteiger partial charge in [-0.3, -0.25) is 0 Å². The second kappa shape index (κ2) is 5.83. The molecule has 0 fully saturated rings. The number of nitrogens with zero attached hydrogens (tertiary/aromatic N) is 1. The van der Waals surface area contributed by atoms with Crippen LogP contribution in [-0.4, -0.2) is 31.8 Å². The molecule has 0 aliphatic carbocycles. The van der Waals surface area contributed by atoms with Crippen LogP contribution >= 0.6 is 0 Å². The van der Waals surface area contributed by atoms with E-state index in [1.54, 1.807) is 18.2 Å². The minimum Gasteiger partial charge on any atom is -0.474 e. The van der Waals surface area contributed by atoms with Crippen LogP contribution in [0.2, 0.25) is 0 Å². The Morgan fingerprint density at radius 2 is 2.14 bits per heavy atom. The number of carbonyl (C=O) groups excluding carboxylic acids is 2. The normalized spacial score (nSPS) is 19.7. The molecule has 2 rings (SSSR count). The van der Waals surface area contributed by atoms with Gasteiger partial charge in [0.15, 0.2) is 0 Å². The number of ether oxygens (including phenoxy) is 3. The highest BCUT2D eigenvalue weighted by Crippen LogP contribution is 2.36. The van der Waals surface area contributed by atoms with Crippen molar-refractivity contribution in [2.24, 2.45) is 0 Å². The Kier molecular flexibility index (Phi) is 4.13. The third-order valence-electron chi connectivity index (χ3n) is 3.51. The third kappa shape index (κ3) is 2.68. The quantitative estimate of drug-likeness (QED) is 0.786. The molecule has 0 amide bonds. The summed E-state index contributed by atoms with van der Waals surface area (Å²) >= 11 is 0. The Morgan fingerprint density at radius 1 is 1.38 bits per heavy atom. The molecule has 6 nitrogen and oxygen atoms in total. The number of fused-ring (bicyclic) bond motifs is 1. The van der Waals surface area contributed by atoms with Gasteiger partial charge in [-0.25, -0.2) is 9.59 Å². The van der Waals surface area contributed by atoms with Gasteiger partial charge >= 0.3 is 11.9 Å². The molecule has 1 atom stereocenters. The molecule has 0 saturated carbocycles. The smallest absolute Gasteiger partial charge is 0.351 e. The average Bonchev–Trinajstić information content (AvgIpc) is 2.52. The lowest BCUT2D eigenvalue weighted by atomic mass is 9.88. The van der Waals surface area contributed by atoms with Crippen LogP contribution in [-0.2, 0) is 20.7 Å². The van der Waals surface area contributed by atoms with Gasteiger partial charge < -0.3 is 14.2 Å². The summed E-state index contributed by atoms with van der Waals surface area (Å²) in [6.07, 6.45) is 0.750. The van der Waals surface area contributed by atoms with Crippen molar-refractivity contribution in [2.75, 3.05) is 14.2 Å². The first-order valence-corrected chi connectivity index (χ1v) is 6.42. The van der Waals surface area contributed by atoms with E-state index in [9.17, 15) is 9.59 Å². The minimum absolute atomic E-state index is 0.0854. The highest BCUT2D eigenvalue weighted by molar-refractivity contribution is 5.90. The number of nitriles is 1. The van der Waals surface area contributed by atoms with Crippen LogP contribution in [0.4, 0.5) is 0 Å². The van der Waals surface area contributed by atoms with E-state index in [2.05, 4.69) is 4.74 Å². The Balaban J connectivity index is 2.34. The Bertz CT molecular complexity index is 619. The van der Waals surface area contributed by atoms with Gasteiger partial charge in [0, 0.05) is 6.42 Å². The summed E-state index contributed by atoms with van der Waals surface area (Å²) in [6.45, 7) is 0. The van der Waals surface area contributed by atoms with E-state index < -0.39 is 17.5 Å². The largest absolute Gasteiger partial charge is 0.474 e. The van der Waals surface area contributed by atoms with Crippen molar-refractivity contribution in [1.82, 2.24) is 0 Å². The summed E-state index contributed by atoms with van der Waals surface area (Å²) in [5.41, 5.74) is -0.0513. The third-order valence-corrected chi connectivity index (χ3v) is 3.51. The van der Waals surface area contributed by atoms with Gasteiger partial charge in [-0.15, -0.1) is 0 Å². The van der Waals surface area contributed by atoms with Gasteiger partial charge in [-0.05, 0) is 30.2 Å². The van der Waals surface area contributed by atoms with Crippen molar-refractivity contribution < 1.29 is 23.8 Å². The second-order valence-corrected chi connectivity index (χ2v) is 4.74. The first kappa shape index (κ1) is 14.9. The topological polar surface area (TPSA) is 85.6 Å². The lowest BCUT2D eigenvalue weighted by Gasteiger charge is -2.34. The molecule has 1 unspecified atom stereocenters. The fraction of sp³-hybridized carbons (Fsp3) is 0.400. The zero-order valence-corrected chi connectivity index (χ0v) is 11.8. The van der Waals surface area contributed by atoms with E-state index in [0.29, 0.717) is 24.2 Å². The van der Waals surface area contributed by atoms with Gasteiger partial charge in [0.25, 0.3) is 0 Å². The molecule has 0 radical (unpaired) electrons. The van der Waals surface area contributed by atoms with Crippen molar-refractivity contribution in [3.8, 4) is 11.8 Å². The molecule has 21 heavy (non-hydrogen) atoms. The van der Waals surface area contributed by atoms with Gasteiger partial charge in [-0.1, -0.05) is 0 Å². The van der Waals surface area contributed by atoms with Crippen molar-refractivity contribution in [2.45, 2.75) is 24.9 Å². The van der Waals surface area contributed by atoms with Gasteiger partial charge in [0.2, 0.25) is 5.60 Å². The predicted octanol–water partition coefficient (Wildman–Crippen LogP) is 1.62. The fourth-order valence-electron chi connectivity index (χ4n) is 2.37. The lowest BCUT2D eigenvalue weighted by molar-refractivity contribution is -0.160. The van der Waals surface area contributed by atoms with Gasteiger partial charge in [0.1, 0.15) is 5.75 Å². The molecule has 0 N–H and O–H groups in total. The fourth-order valence-corrected chi connectivity index (χ4v) is 2.37. The molecular formula is C15H15NO5. The van der Waals surface area contributed by atoms with E-state index >= 15 is 0 Å². The standard InChI is InChI=1S/C15H15NO5/c1-19-13(17)11-3-4-12-10(9-11)5-6-15(21-12,7-8-16)14(18)20-2/h3-4,9H,5-7H2,1-2H3. The van der Waals surface area contributed by atoms with E-state index in [1.807, 2.05) is 6.07 Å². The summed E-state index contributed by atoms with van der Waals surface area (Å²) in [7, 11) is 2.58. The summed E-state index contributed by atoms with van der Waals surface area (Å²) in [5, 5.41) is 8.93. The number of rotatable bonds is 3. The number of methoxy groups -OCH3 is 2. The molecule has 0 aromatic heterocycles. The van der Waals surface area contributed by atoms with Gasteiger partial charge in [-0.2, -0.15) is 5.26 Å².